The molecular weight excluding hydrogens is 364 g/mol. The summed E-state index contributed by atoms with van der Waals surface area (Å²) in [6.07, 6.45) is 5.68. The van der Waals surface area contributed by atoms with E-state index >= 15 is 0 Å². The number of aryl methyl sites for hydroxylation is 1. The highest BCUT2D eigenvalue weighted by molar-refractivity contribution is 6.05. The van der Waals surface area contributed by atoms with Gasteiger partial charge in [0.2, 0.25) is 5.91 Å². The molecule has 4 rings (SSSR count). The van der Waals surface area contributed by atoms with Crippen molar-refractivity contribution in [1.82, 2.24) is 19.9 Å². The minimum Gasteiger partial charge on any atom is -0.370 e. The third-order valence-corrected chi connectivity index (χ3v) is 4.69. The van der Waals surface area contributed by atoms with Crippen LogP contribution in [-0.2, 0) is 6.42 Å². The molecule has 7 nitrogen and oxygen atoms in total. The van der Waals surface area contributed by atoms with Gasteiger partial charge in [0.25, 0.3) is 0 Å². The number of nitrogens with zero attached hydrogens (tertiary/aromatic N) is 4. The summed E-state index contributed by atoms with van der Waals surface area (Å²) in [7, 11) is 0. The fraction of sp³-hybridized carbons (Fsp3) is 0.136. The Kier molecular flexibility index (Phi) is 5.11. The number of primary amides is 1. The van der Waals surface area contributed by atoms with Crippen LogP contribution in [0.25, 0.3) is 22.2 Å². The van der Waals surface area contributed by atoms with E-state index in [0.29, 0.717) is 12.1 Å². The molecule has 3 aromatic heterocycles. The number of nitrogens with one attached hydrogen (secondary N) is 1. The van der Waals surface area contributed by atoms with Crippen LogP contribution in [-0.4, -0.2) is 32.4 Å². The maximum Gasteiger partial charge on any atom is 0.249 e. The maximum atomic E-state index is 11.7. The number of amides is 1. The standard InChI is InChI=1S/C22H20N6O/c1-14-5-6-16(12-26-14)19-11-20(28-13-27-19)24-9-7-15-3-2-4-17-18(22(23)29)8-10-25-21(15)17/h2-6,8,10-13H,7,9H2,1H3,(H2,23,29)(H,24,27,28). The number of nitrogens with two attached hydrogens (primary N) is 1. The second-order valence-corrected chi connectivity index (χ2v) is 6.69. The van der Waals surface area contributed by atoms with Crippen LogP contribution in [0.3, 0.4) is 0 Å². The molecule has 0 fully saturated rings. The molecule has 0 aliphatic heterocycles. The van der Waals surface area contributed by atoms with E-state index in [0.717, 1.165) is 45.7 Å². The summed E-state index contributed by atoms with van der Waals surface area (Å²) >= 11 is 0. The van der Waals surface area contributed by atoms with E-state index in [1.807, 2.05) is 43.3 Å². The Morgan fingerprint density at radius 2 is 1.97 bits per heavy atom. The van der Waals surface area contributed by atoms with Crippen molar-refractivity contribution in [2.24, 2.45) is 5.73 Å². The number of hydrogen-bond donors (Lipinski definition) is 2. The van der Waals surface area contributed by atoms with Gasteiger partial charge in [-0.05, 0) is 37.1 Å². The van der Waals surface area contributed by atoms with E-state index in [1.165, 1.54) is 6.33 Å². The van der Waals surface area contributed by atoms with Gasteiger partial charge >= 0.3 is 0 Å². The highest BCUT2D eigenvalue weighted by Crippen LogP contribution is 2.21. The molecule has 0 atom stereocenters. The molecule has 0 spiro atoms. The molecule has 0 aliphatic carbocycles. The van der Waals surface area contributed by atoms with Crippen LogP contribution in [0.2, 0.25) is 0 Å². The second kappa shape index (κ2) is 8.02. The van der Waals surface area contributed by atoms with Crippen molar-refractivity contribution in [3.05, 3.63) is 78.0 Å². The van der Waals surface area contributed by atoms with Gasteiger partial charge in [-0.25, -0.2) is 9.97 Å². The van der Waals surface area contributed by atoms with Gasteiger partial charge in [-0.15, -0.1) is 0 Å². The van der Waals surface area contributed by atoms with E-state index in [4.69, 9.17) is 5.73 Å². The Balaban J connectivity index is 1.50. The zero-order valence-corrected chi connectivity index (χ0v) is 16.0. The van der Waals surface area contributed by atoms with Crippen LogP contribution in [0.4, 0.5) is 5.82 Å². The Morgan fingerprint density at radius 3 is 2.76 bits per heavy atom. The topological polar surface area (TPSA) is 107 Å². The van der Waals surface area contributed by atoms with Gasteiger partial charge in [-0.2, -0.15) is 0 Å². The summed E-state index contributed by atoms with van der Waals surface area (Å²) in [5.41, 5.74) is 10.5. The fourth-order valence-electron chi connectivity index (χ4n) is 3.21. The lowest BCUT2D eigenvalue weighted by Crippen LogP contribution is -2.12. The molecule has 0 bridgehead atoms. The van der Waals surface area contributed by atoms with Crippen LogP contribution in [0.15, 0.2) is 61.2 Å². The highest BCUT2D eigenvalue weighted by Gasteiger charge is 2.10. The van der Waals surface area contributed by atoms with Crippen molar-refractivity contribution in [3.8, 4) is 11.3 Å². The van der Waals surface area contributed by atoms with Gasteiger partial charge in [0.15, 0.2) is 0 Å². The first-order chi connectivity index (χ1) is 14.1. The Hall–Kier alpha value is -3.87. The summed E-state index contributed by atoms with van der Waals surface area (Å²) in [6.45, 7) is 2.61. The van der Waals surface area contributed by atoms with Gasteiger partial charge < -0.3 is 11.1 Å². The number of anilines is 1. The molecule has 3 heterocycles. The summed E-state index contributed by atoms with van der Waals surface area (Å²) in [4.78, 5) is 29.0. The van der Waals surface area contributed by atoms with E-state index in [1.54, 1.807) is 18.5 Å². The molecule has 4 aromatic rings. The molecule has 144 valence electrons. The summed E-state index contributed by atoms with van der Waals surface area (Å²) in [6, 6.07) is 13.3. The monoisotopic (exact) mass is 384 g/mol. The van der Waals surface area contributed by atoms with Crippen LogP contribution in [0, 0.1) is 6.92 Å². The van der Waals surface area contributed by atoms with Crippen LogP contribution < -0.4 is 11.1 Å². The minimum atomic E-state index is -0.452. The summed E-state index contributed by atoms with van der Waals surface area (Å²) < 4.78 is 0. The van der Waals surface area contributed by atoms with Crippen LogP contribution in [0.1, 0.15) is 21.6 Å². The molecule has 0 aliphatic rings. The Labute approximate surface area is 168 Å². The number of fused-ring (bicyclic) bond motifs is 1. The molecule has 29 heavy (non-hydrogen) atoms. The SMILES string of the molecule is Cc1ccc(-c2cc(NCCc3cccc4c(C(N)=O)ccnc34)ncn2)cn1. The maximum absolute atomic E-state index is 11.7. The number of aromatic nitrogens is 4. The number of carbonyl (C=O) groups excluding carboxylic acids is 1. The quantitative estimate of drug-likeness (QED) is 0.529. The largest absolute Gasteiger partial charge is 0.370 e. The van der Waals surface area contributed by atoms with Gasteiger partial charge in [0.1, 0.15) is 12.1 Å². The van der Waals surface area contributed by atoms with Crippen LogP contribution >= 0.6 is 0 Å². The third kappa shape index (κ3) is 4.03. The average molecular weight is 384 g/mol. The number of benzene rings is 1. The first kappa shape index (κ1) is 18.5. The molecule has 0 saturated heterocycles. The second-order valence-electron chi connectivity index (χ2n) is 6.69. The smallest absolute Gasteiger partial charge is 0.249 e. The van der Waals surface area contributed by atoms with Gasteiger partial charge in [-0.3, -0.25) is 14.8 Å². The first-order valence-corrected chi connectivity index (χ1v) is 9.27. The van der Waals surface area contributed by atoms with Gasteiger partial charge in [-0.1, -0.05) is 18.2 Å². The first-order valence-electron chi connectivity index (χ1n) is 9.27. The zero-order chi connectivity index (χ0) is 20.2. The van der Waals surface area contributed by atoms with Crippen molar-refractivity contribution < 1.29 is 4.79 Å². The number of carbonyl (C=O) groups is 1. The van der Waals surface area contributed by atoms with E-state index < -0.39 is 5.91 Å². The molecular formula is C22H20N6O. The van der Waals surface area contributed by atoms with E-state index in [-0.39, 0.29) is 0 Å². The van der Waals surface area contributed by atoms with E-state index in [2.05, 4.69) is 25.3 Å². The average Bonchev–Trinajstić information content (AvgIpc) is 2.74. The lowest BCUT2D eigenvalue weighted by atomic mass is 10.0. The Morgan fingerprint density at radius 1 is 1.07 bits per heavy atom. The highest BCUT2D eigenvalue weighted by atomic mass is 16.1. The van der Waals surface area contributed by atoms with Gasteiger partial charge in [0.05, 0.1) is 16.8 Å². The minimum absolute atomic E-state index is 0.452. The van der Waals surface area contributed by atoms with Crippen molar-refractivity contribution in [2.45, 2.75) is 13.3 Å². The van der Waals surface area contributed by atoms with Crippen molar-refractivity contribution in [3.63, 3.8) is 0 Å². The van der Waals surface area contributed by atoms with Crippen molar-refractivity contribution in [2.75, 3.05) is 11.9 Å². The molecule has 0 saturated carbocycles. The van der Waals surface area contributed by atoms with Crippen molar-refractivity contribution >= 4 is 22.6 Å². The lowest BCUT2D eigenvalue weighted by molar-refractivity contribution is 0.100. The number of hydrogen-bond acceptors (Lipinski definition) is 6. The van der Waals surface area contributed by atoms with E-state index in [9.17, 15) is 4.79 Å². The van der Waals surface area contributed by atoms with Crippen molar-refractivity contribution in [1.29, 1.82) is 0 Å². The Bertz CT molecular complexity index is 1170. The fourth-order valence-corrected chi connectivity index (χ4v) is 3.21. The number of pyridine rings is 2. The predicted octanol–water partition coefficient (Wildman–Crippen LogP) is 3.15. The summed E-state index contributed by atoms with van der Waals surface area (Å²) in [5, 5.41) is 4.10. The predicted molar refractivity (Wildman–Crippen MR) is 112 cm³/mol. The molecule has 1 aromatic carbocycles. The molecule has 0 radical (unpaired) electrons. The molecule has 7 heteroatoms. The zero-order valence-electron chi connectivity index (χ0n) is 16.0. The van der Waals surface area contributed by atoms with Crippen LogP contribution in [0.5, 0.6) is 0 Å². The number of rotatable bonds is 6. The van der Waals surface area contributed by atoms with Gasteiger partial charge in [0, 0.05) is 41.6 Å². The number of para-hydroxylation sites is 1. The summed E-state index contributed by atoms with van der Waals surface area (Å²) in [5.74, 6) is 0.286. The normalized spacial score (nSPS) is 10.8. The lowest BCUT2D eigenvalue weighted by Gasteiger charge is -2.10. The molecule has 0 unspecified atom stereocenters. The molecule has 1 amide bonds. The third-order valence-electron chi connectivity index (χ3n) is 4.69. The molecule has 3 N–H and O–H groups in total.